The summed E-state index contributed by atoms with van der Waals surface area (Å²) < 4.78 is 16.7. The van der Waals surface area contributed by atoms with Gasteiger partial charge < -0.3 is 25.3 Å². The molecule has 1 amide bonds. The largest absolute Gasteiger partial charge is 0.370 e. The highest BCUT2D eigenvalue weighted by Crippen LogP contribution is 2.26. The van der Waals surface area contributed by atoms with Gasteiger partial charge in [0.1, 0.15) is 11.8 Å². The second kappa shape index (κ2) is 11.8. The number of hydrogen-bond acceptors (Lipinski definition) is 7. The van der Waals surface area contributed by atoms with Crippen LogP contribution in [0.3, 0.4) is 0 Å². The van der Waals surface area contributed by atoms with E-state index in [-0.39, 0.29) is 29.7 Å². The topological polar surface area (TPSA) is 113 Å². The molecule has 1 saturated heterocycles. The quantitative estimate of drug-likeness (QED) is 0.430. The molecule has 2 aromatic rings. The SMILES string of the molecule is CNC(=O)c1cc(C(=O)CCCCC2OCC(N)CO2)cc(C(OC)c2ccccc2)n1. The smallest absolute Gasteiger partial charge is 0.269 e. The molecular formula is C24H31N3O5. The number of methoxy groups -OCH3 is 1. The highest BCUT2D eigenvalue weighted by molar-refractivity contribution is 5.99. The molecule has 3 N–H and O–H groups in total. The molecule has 1 aliphatic heterocycles. The van der Waals surface area contributed by atoms with Crippen molar-refractivity contribution in [1.29, 1.82) is 0 Å². The fourth-order valence-electron chi connectivity index (χ4n) is 3.61. The summed E-state index contributed by atoms with van der Waals surface area (Å²) in [6.45, 7) is 0.988. The minimum Gasteiger partial charge on any atom is -0.370 e. The number of aromatic nitrogens is 1. The number of rotatable bonds is 10. The van der Waals surface area contributed by atoms with Crippen molar-refractivity contribution in [2.75, 3.05) is 27.4 Å². The maximum absolute atomic E-state index is 12.9. The number of carbonyl (C=O) groups is 2. The van der Waals surface area contributed by atoms with Crippen LogP contribution < -0.4 is 11.1 Å². The first kappa shape index (κ1) is 24.0. The minimum absolute atomic E-state index is 0.0470. The standard InChI is InChI=1S/C24H31N3O5/c1-26-24(29)20-13-17(12-19(27-20)23(30-2)16-8-4-3-5-9-16)21(28)10-6-7-11-22-31-14-18(25)15-32-22/h3-5,8-9,12-13,18,22-23H,6-7,10-11,14-15,25H2,1-2H3,(H,26,29). The third-order valence-electron chi connectivity index (χ3n) is 5.32. The van der Waals surface area contributed by atoms with Crippen molar-refractivity contribution < 1.29 is 23.8 Å². The van der Waals surface area contributed by atoms with Gasteiger partial charge in [-0.25, -0.2) is 4.98 Å². The number of nitrogens with one attached hydrogen (secondary N) is 1. The summed E-state index contributed by atoms with van der Waals surface area (Å²) in [6, 6.07) is 12.7. The average molecular weight is 442 g/mol. The summed E-state index contributed by atoms with van der Waals surface area (Å²) in [5.74, 6) is -0.400. The fraction of sp³-hybridized carbons (Fsp3) is 0.458. The van der Waals surface area contributed by atoms with Crippen molar-refractivity contribution in [2.45, 2.75) is 44.1 Å². The number of amides is 1. The number of nitrogens with two attached hydrogens (primary N) is 1. The van der Waals surface area contributed by atoms with Gasteiger partial charge in [0.25, 0.3) is 5.91 Å². The van der Waals surface area contributed by atoms with E-state index in [1.807, 2.05) is 30.3 Å². The van der Waals surface area contributed by atoms with Crippen molar-refractivity contribution in [1.82, 2.24) is 10.3 Å². The third kappa shape index (κ3) is 6.43. The molecule has 8 heteroatoms. The second-order valence-electron chi connectivity index (χ2n) is 7.80. The predicted octanol–water partition coefficient (Wildman–Crippen LogP) is 2.62. The summed E-state index contributed by atoms with van der Waals surface area (Å²) in [5.41, 5.74) is 7.78. The molecule has 1 aliphatic rings. The Morgan fingerprint density at radius 3 is 2.56 bits per heavy atom. The van der Waals surface area contributed by atoms with E-state index in [4.69, 9.17) is 19.9 Å². The molecule has 172 valence electrons. The highest BCUT2D eigenvalue weighted by atomic mass is 16.7. The maximum atomic E-state index is 12.9. The summed E-state index contributed by atoms with van der Waals surface area (Å²) in [4.78, 5) is 29.7. The normalized spacial score (nSPS) is 19.3. The molecule has 0 bridgehead atoms. The van der Waals surface area contributed by atoms with E-state index in [2.05, 4.69) is 10.3 Å². The zero-order valence-corrected chi connectivity index (χ0v) is 18.6. The first-order valence-electron chi connectivity index (χ1n) is 10.9. The number of benzene rings is 1. The second-order valence-corrected chi connectivity index (χ2v) is 7.80. The summed E-state index contributed by atoms with van der Waals surface area (Å²) >= 11 is 0. The van der Waals surface area contributed by atoms with Gasteiger partial charge in [-0.3, -0.25) is 9.59 Å². The van der Waals surface area contributed by atoms with E-state index >= 15 is 0 Å². The molecule has 1 fully saturated rings. The van der Waals surface area contributed by atoms with E-state index in [0.29, 0.717) is 43.7 Å². The van der Waals surface area contributed by atoms with Crippen LogP contribution in [0.15, 0.2) is 42.5 Å². The van der Waals surface area contributed by atoms with Gasteiger partial charge in [0.2, 0.25) is 0 Å². The molecule has 0 aliphatic carbocycles. The van der Waals surface area contributed by atoms with Gasteiger partial charge >= 0.3 is 0 Å². The van der Waals surface area contributed by atoms with Crippen molar-refractivity contribution >= 4 is 11.7 Å². The molecule has 0 saturated carbocycles. The van der Waals surface area contributed by atoms with E-state index in [0.717, 1.165) is 12.0 Å². The van der Waals surface area contributed by atoms with E-state index < -0.39 is 6.10 Å². The maximum Gasteiger partial charge on any atom is 0.269 e. The van der Waals surface area contributed by atoms with E-state index in [1.54, 1.807) is 13.2 Å². The molecule has 8 nitrogen and oxygen atoms in total. The summed E-state index contributed by atoms with van der Waals surface area (Å²) in [7, 11) is 3.11. The molecule has 0 radical (unpaired) electrons. The fourth-order valence-corrected chi connectivity index (χ4v) is 3.61. The first-order chi connectivity index (χ1) is 15.5. The van der Waals surface area contributed by atoms with E-state index in [9.17, 15) is 9.59 Å². The molecule has 0 spiro atoms. The molecule has 1 aromatic heterocycles. The number of pyridine rings is 1. The molecule has 2 heterocycles. The zero-order chi connectivity index (χ0) is 22.9. The van der Waals surface area contributed by atoms with Crippen LogP contribution in [0.5, 0.6) is 0 Å². The first-order valence-corrected chi connectivity index (χ1v) is 10.9. The monoisotopic (exact) mass is 441 g/mol. The number of ether oxygens (including phenoxy) is 3. The van der Waals surface area contributed by atoms with Gasteiger partial charge in [-0.1, -0.05) is 30.3 Å². The predicted molar refractivity (Wildman–Crippen MR) is 119 cm³/mol. The Morgan fingerprint density at radius 2 is 1.91 bits per heavy atom. The van der Waals surface area contributed by atoms with Gasteiger partial charge in [0.05, 0.1) is 24.9 Å². The summed E-state index contributed by atoms with van der Waals surface area (Å²) in [5, 5.41) is 2.57. The van der Waals surface area contributed by atoms with Gasteiger partial charge in [-0.2, -0.15) is 0 Å². The van der Waals surface area contributed by atoms with Crippen molar-refractivity contribution in [2.24, 2.45) is 5.73 Å². The Balaban J connectivity index is 1.69. The lowest BCUT2D eigenvalue weighted by molar-refractivity contribution is -0.188. The Hall–Kier alpha value is -2.65. The number of hydrogen-bond donors (Lipinski definition) is 2. The highest BCUT2D eigenvalue weighted by Gasteiger charge is 2.21. The number of nitrogens with zero attached hydrogens (tertiary/aromatic N) is 1. The van der Waals surface area contributed by atoms with Crippen LogP contribution in [0.1, 0.15) is 63.9 Å². The zero-order valence-electron chi connectivity index (χ0n) is 18.6. The van der Waals surface area contributed by atoms with Gasteiger partial charge in [-0.05, 0) is 37.0 Å². The van der Waals surface area contributed by atoms with Crippen LogP contribution in [-0.2, 0) is 14.2 Å². The number of Topliss-reactive ketones (excluding diaryl/α,β-unsaturated/α-hetero) is 1. The van der Waals surface area contributed by atoms with Gasteiger partial charge in [-0.15, -0.1) is 0 Å². The molecule has 32 heavy (non-hydrogen) atoms. The molecule has 1 aromatic carbocycles. The van der Waals surface area contributed by atoms with Crippen LogP contribution >= 0.6 is 0 Å². The van der Waals surface area contributed by atoms with Crippen LogP contribution in [-0.4, -0.2) is 56.4 Å². The van der Waals surface area contributed by atoms with Crippen LogP contribution in [0.4, 0.5) is 0 Å². The minimum atomic E-state index is -0.487. The lowest BCUT2D eigenvalue weighted by atomic mass is 9.99. The Morgan fingerprint density at radius 1 is 1.19 bits per heavy atom. The molecule has 1 atom stereocenters. The number of carbonyl (C=O) groups excluding carboxylic acids is 2. The number of ketones is 1. The van der Waals surface area contributed by atoms with Crippen molar-refractivity contribution in [3.05, 3.63) is 65.0 Å². The third-order valence-corrected chi connectivity index (χ3v) is 5.32. The van der Waals surface area contributed by atoms with Crippen LogP contribution in [0, 0.1) is 0 Å². The Labute approximate surface area is 188 Å². The lowest BCUT2D eigenvalue weighted by Crippen LogP contribution is -2.41. The Kier molecular flexibility index (Phi) is 8.87. The van der Waals surface area contributed by atoms with Crippen molar-refractivity contribution in [3.63, 3.8) is 0 Å². The molecule has 1 unspecified atom stereocenters. The molecular weight excluding hydrogens is 410 g/mol. The molecule has 3 rings (SSSR count). The van der Waals surface area contributed by atoms with E-state index in [1.165, 1.54) is 13.1 Å². The summed E-state index contributed by atoms with van der Waals surface area (Å²) in [6.07, 6.45) is 1.80. The average Bonchev–Trinajstić information content (AvgIpc) is 2.83. The van der Waals surface area contributed by atoms with Crippen LogP contribution in [0.2, 0.25) is 0 Å². The number of unbranched alkanes of at least 4 members (excludes halogenated alkanes) is 1. The Bertz CT molecular complexity index is 898. The lowest BCUT2D eigenvalue weighted by Gasteiger charge is -2.27. The van der Waals surface area contributed by atoms with Gasteiger partial charge in [0, 0.05) is 26.1 Å². The van der Waals surface area contributed by atoms with Crippen LogP contribution in [0.25, 0.3) is 0 Å². The van der Waals surface area contributed by atoms with Crippen molar-refractivity contribution in [3.8, 4) is 0 Å². The van der Waals surface area contributed by atoms with Gasteiger partial charge in [0.15, 0.2) is 12.1 Å².